The van der Waals surface area contributed by atoms with Crippen LogP contribution in [0.25, 0.3) is 0 Å². The second-order valence-electron chi connectivity index (χ2n) is 4.50. The third-order valence-electron chi connectivity index (χ3n) is 3.07. The Morgan fingerprint density at radius 1 is 1.33 bits per heavy atom. The van der Waals surface area contributed by atoms with Crippen molar-refractivity contribution in [2.24, 2.45) is 11.7 Å². The normalized spacial score (nSPS) is 21.4. The van der Waals surface area contributed by atoms with Crippen molar-refractivity contribution in [3.8, 4) is 0 Å². The highest BCUT2D eigenvalue weighted by molar-refractivity contribution is 5.83. The second kappa shape index (κ2) is 6.34. The van der Waals surface area contributed by atoms with Crippen molar-refractivity contribution < 1.29 is 24.6 Å². The minimum Gasteiger partial charge on any atom is -0.481 e. The van der Waals surface area contributed by atoms with Crippen molar-refractivity contribution in [2.75, 3.05) is 13.1 Å². The molecule has 18 heavy (non-hydrogen) atoms. The molecule has 1 fully saturated rings. The summed E-state index contributed by atoms with van der Waals surface area (Å²) in [6, 6.07) is -0.867. The van der Waals surface area contributed by atoms with Gasteiger partial charge >= 0.3 is 11.9 Å². The maximum absolute atomic E-state index is 11.9. The first-order valence-corrected chi connectivity index (χ1v) is 5.90. The number of hydrogen-bond donors (Lipinski definition) is 3. The first kappa shape index (κ1) is 14.4. The zero-order valence-corrected chi connectivity index (χ0v) is 10.0. The third-order valence-corrected chi connectivity index (χ3v) is 3.07. The van der Waals surface area contributed by atoms with Crippen LogP contribution in [0.5, 0.6) is 0 Å². The van der Waals surface area contributed by atoms with Gasteiger partial charge in [0.2, 0.25) is 5.91 Å². The number of carboxylic acids is 2. The van der Waals surface area contributed by atoms with Gasteiger partial charge in [0.05, 0.1) is 12.0 Å². The molecule has 0 spiro atoms. The molecular weight excluding hydrogens is 240 g/mol. The molecule has 1 rings (SSSR count). The molecule has 0 aliphatic carbocycles. The fraction of sp³-hybridized carbons (Fsp3) is 0.727. The number of hydrogen-bond acceptors (Lipinski definition) is 4. The van der Waals surface area contributed by atoms with Gasteiger partial charge in [0.15, 0.2) is 0 Å². The summed E-state index contributed by atoms with van der Waals surface area (Å²) >= 11 is 0. The van der Waals surface area contributed by atoms with Crippen LogP contribution in [-0.4, -0.2) is 52.1 Å². The Hall–Kier alpha value is -1.63. The summed E-state index contributed by atoms with van der Waals surface area (Å²) in [5.74, 6) is -2.82. The maximum Gasteiger partial charge on any atom is 0.308 e. The summed E-state index contributed by atoms with van der Waals surface area (Å²) in [5, 5.41) is 17.4. The van der Waals surface area contributed by atoms with Crippen molar-refractivity contribution in [3.63, 3.8) is 0 Å². The van der Waals surface area contributed by atoms with E-state index in [2.05, 4.69) is 0 Å². The van der Waals surface area contributed by atoms with Gasteiger partial charge in [0.25, 0.3) is 0 Å². The molecule has 1 amide bonds. The smallest absolute Gasteiger partial charge is 0.308 e. The Kier molecular flexibility index (Phi) is 5.08. The van der Waals surface area contributed by atoms with E-state index < -0.39 is 23.9 Å². The van der Waals surface area contributed by atoms with E-state index in [0.29, 0.717) is 19.4 Å². The summed E-state index contributed by atoms with van der Waals surface area (Å²) in [4.78, 5) is 34.6. The molecule has 7 nitrogen and oxygen atoms in total. The second-order valence-corrected chi connectivity index (χ2v) is 4.50. The number of carbonyl (C=O) groups excluding carboxylic acids is 1. The van der Waals surface area contributed by atoms with Crippen LogP contribution in [0.4, 0.5) is 0 Å². The van der Waals surface area contributed by atoms with Crippen molar-refractivity contribution in [2.45, 2.75) is 31.7 Å². The average Bonchev–Trinajstić information content (AvgIpc) is 2.35. The van der Waals surface area contributed by atoms with E-state index in [1.165, 1.54) is 4.90 Å². The molecule has 1 aliphatic heterocycles. The number of nitrogens with zero attached hydrogens (tertiary/aromatic N) is 1. The van der Waals surface area contributed by atoms with Gasteiger partial charge < -0.3 is 20.8 Å². The van der Waals surface area contributed by atoms with Gasteiger partial charge in [-0.3, -0.25) is 14.4 Å². The fourth-order valence-corrected chi connectivity index (χ4v) is 2.02. The molecule has 0 aromatic carbocycles. The number of rotatable bonds is 5. The lowest BCUT2D eigenvalue weighted by molar-refractivity contribution is -0.146. The molecule has 1 heterocycles. The molecule has 7 heteroatoms. The van der Waals surface area contributed by atoms with Crippen molar-refractivity contribution in [3.05, 3.63) is 0 Å². The van der Waals surface area contributed by atoms with Crippen LogP contribution in [0.1, 0.15) is 25.7 Å². The van der Waals surface area contributed by atoms with Gasteiger partial charge in [-0.15, -0.1) is 0 Å². The van der Waals surface area contributed by atoms with E-state index in [0.717, 1.165) is 0 Å². The number of piperidine rings is 1. The Balaban J connectivity index is 2.49. The molecule has 1 aliphatic rings. The van der Waals surface area contributed by atoms with Gasteiger partial charge in [-0.05, 0) is 19.3 Å². The van der Waals surface area contributed by atoms with Gasteiger partial charge in [-0.25, -0.2) is 0 Å². The zero-order chi connectivity index (χ0) is 13.7. The van der Waals surface area contributed by atoms with Crippen LogP contribution in [-0.2, 0) is 14.4 Å². The topological polar surface area (TPSA) is 121 Å². The zero-order valence-electron chi connectivity index (χ0n) is 10.0. The quantitative estimate of drug-likeness (QED) is 0.611. The van der Waals surface area contributed by atoms with E-state index in [1.807, 2.05) is 0 Å². The predicted molar refractivity (Wildman–Crippen MR) is 61.8 cm³/mol. The van der Waals surface area contributed by atoms with Gasteiger partial charge in [-0.2, -0.15) is 0 Å². The minimum absolute atomic E-state index is 0.0718. The Labute approximate surface area is 105 Å². The van der Waals surface area contributed by atoms with Gasteiger partial charge in [0.1, 0.15) is 0 Å². The first-order chi connectivity index (χ1) is 8.41. The van der Waals surface area contributed by atoms with Crippen LogP contribution in [0, 0.1) is 5.92 Å². The number of carboxylic acid groups (broad SMARTS) is 2. The molecule has 0 aromatic rings. The lowest BCUT2D eigenvalue weighted by Gasteiger charge is -2.32. The van der Waals surface area contributed by atoms with Crippen LogP contribution in [0.3, 0.4) is 0 Å². The molecule has 0 saturated carbocycles. The van der Waals surface area contributed by atoms with Crippen LogP contribution < -0.4 is 5.73 Å². The molecule has 4 N–H and O–H groups in total. The molecular formula is C11H18N2O5. The van der Waals surface area contributed by atoms with Crippen LogP contribution in [0.2, 0.25) is 0 Å². The number of amides is 1. The molecule has 2 atom stereocenters. The molecule has 0 bridgehead atoms. The fourth-order valence-electron chi connectivity index (χ4n) is 2.02. The summed E-state index contributed by atoms with van der Waals surface area (Å²) in [5.41, 5.74) is 5.62. The minimum atomic E-state index is -1.000. The largest absolute Gasteiger partial charge is 0.481 e. The number of aliphatic carboxylic acids is 2. The molecule has 102 valence electrons. The SMILES string of the molecule is NC(CCC(=O)O)C(=O)N1CCC[C@@H](C(=O)O)C1. The predicted octanol–water partition coefficient (Wildman–Crippen LogP) is -0.498. The van der Waals surface area contributed by atoms with E-state index in [1.54, 1.807) is 0 Å². The van der Waals surface area contributed by atoms with E-state index in [4.69, 9.17) is 15.9 Å². The summed E-state index contributed by atoms with van der Waals surface area (Å²) in [6.07, 6.45) is 1.10. The van der Waals surface area contributed by atoms with Crippen molar-refractivity contribution in [1.29, 1.82) is 0 Å². The van der Waals surface area contributed by atoms with Crippen LogP contribution >= 0.6 is 0 Å². The maximum atomic E-state index is 11.9. The van der Waals surface area contributed by atoms with Crippen molar-refractivity contribution in [1.82, 2.24) is 4.90 Å². The van der Waals surface area contributed by atoms with Gasteiger partial charge in [-0.1, -0.05) is 0 Å². The van der Waals surface area contributed by atoms with Crippen LogP contribution in [0.15, 0.2) is 0 Å². The Morgan fingerprint density at radius 2 is 2.00 bits per heavy atom. The number of likely N-dealkylation sites (tertiary alicyclic amines) is 1. The number of nitrogens with two attached hydrogens (primary N) is 1. The standard InChI is InChI=1S/C11H18N2O5/c12-8(3-4-9(14)15)10(16)13-5-1-2-7(6-13)11(17)18/h7-8H,1-6,12H2,(H,14,15)(H,17,18)/t7-,8?/m1/s1. The summed E-state index contributed by atoms with van der Waals surface area (Å²) in [7, 11) is 0. The lowest BCUT2D eigenvalue weighted by Crippen LogP contribution is -2.49. The van der Waals surface area contributed by atoms with E-state index in [9.17, 15) is 14.4 Å². The molecule has 1 saturated heterocycles. The molecule has 0 radical (unpaired) electrons. The third kappa shape index (κ3) is 3.99. The highest BCUT2D eigenvalue weighted by atomic mass is 16.4. The molecule has 1 unspecified atom stereocenters. The summed E-state index contributed by atoms with van der Waals surface area (Å²) < 4.78 is 0. The lowest BCUT2D eigenvalue weighted by atomic mass is 9.97. The Morgan fingerprint density at radius 3 is 2.56 bits per heavy atom. The van der Waals surface area contributed by atoms with E-state index in [-0.39, 0.29) is 25.3 Å². The molecule has 0 aromatic heterocycles. The first-order valence-electron chi connectivity index (χ1n) is 5.90. The Bertz CT molecular complexity index is 344. The van der Waals surface area contributed by atoms with E-state index >= 15 is 0 Å². The number of carbonyl (C=O) groups is 3. The highest BCUT2D eigenvalue weighted by Crippen LogP contribution is 2.17. The van der Waals surface area contributed by atoms with Gasteiger partial charge in [0, 0.05) is 19.5 Å². The monoisotopic (exact) mass is 258 g/mol. The summed E-state index contributed by atoms with van der Waals surface area (Å²) in [6.45, 7) is 0.651. The highest BCUT2D eigenvalue weighted by Gasteiger charge is 2.30. The van der Waals surface area contributed by atoms with Crippen molar-refractivity contribution >= 4 is 17.8 Å². The average molecular weight is 258 g/mol.